The molecule has 12 nitrogen and oxygen atoms in total. The Morgan fingerprint density at radius 2 is 0.383 bits per heavy atom. The van der Waals surface area contributed by atoms with E-state index in [9.17, 15) is 38.4 Å². The van der Waals surface area contributed by atoms with Gasteiger partial charge in [0.15, 0.2) is 23.1 Å². The Kier molecular flexibility index (Phi) is 45.5. The van der Waals surface area contributed by atoms with E-state index in [2.05, 4.69) is 55.4 Å². The van der Waals surface area contributed by atoms with Crippen LogP contribution in [0.3, 0.4) is 0 Å². The fourth-order valence-corrected chi connectivity index (χ4v) is 8.14. The largest absolute Gasteiger partial charge is 4.00 e. The number of benzene rings is 4. The Morgan fingerprint density at radius 1 is 0.247 bits per heavy atom. The van der Waals surface area contributed by atoms with Gasteiger partial charge in [-0.15, -0.1) is 0 Å². The maximum atomic E-state index is 12.2. The maximum Gasteiger partial charge on any atom is 4.00 e. The van der Waals surface area contributed by atoms with Gasteiger partial charge in [0, 0.05) is 74.6 Å². The molecule has 440 valence electrons. The zero-order valence-electron chi connectivity index (χ0n) is 50.9. The Hall–Kier alpha value is -5.68. The van der Waals surface area contributed by atoms with Crippen molar-refractivity contribution in [3.63, 3.8) is 0 Å². The smallest absolute Gasteiger partial charge is 0.342 e. The second-order valence-electron chi connectivity index (χ2n) is 20.2. The van der Waals surface area contributed by atoms with Crippen molar-refractivity contribution in [2.75, 3.05) is 52.4 Å². The van der Waals surface area contributed by atoms with Crippen LogP contribution in [0.25, 0.3) is 0 Å². The van der Waals surface area contributed by atoms with Gasteiger partial charge in [-0.2, -0.15) is 0 Å². The van der Waals surface area contributed by atoms with Crippen molar-refractivity contribution in [2.45, 2.75) is 184 Å². The minimum Gasteiger partial charge on any atom is -0.342 e. The van der Waals surface area contributed by atoms with Crippen molar-refractivity contribution in [3.8, 4) is 0 Å². The van der Waals surface area contributed by atoms with E-state index in [0.717, 1.165) is 155 Å². The van der Waals surface area contributed by atoms with Crippen LogP contribution < -0.4 is 0 Å². The average Bonchev–Trinajstić information content (AvgIpc) is 3.48. The third-order valence-electron chi connectivity index (χ3n) is 13.3. The second kappa shape index (κ2) is 49.0. The van der Waals surface area contributed by atoms with Crippen LogP contribution in [-0.2, 0) is 45.4 Å². The molecule has 0 atom stereocenters. The van der Waals surface area contributed by atoms with E-state index in [1.807, 2.05) is 92.4 Å². The first-order valence-electron chi connectivity index (χ1n) is 30.2. The quantitative estimate of drug-likeness (QED) is 0.0323. The van der Waals surface area contributed by atoms with Gasteiger partial charge in [-0.1, -0.05) is 228 Å². The Labute approximate surface area is 507 Å². The molecular formula is C68H100N4O8Zr+4. The van der Waals surface area contributed by atoms with Crippen molar-refractivity contribution in [1.82, 2.24) is 19.6 Å². The average molecular weight is 1190 g/mol. The van der Waals surface area contributed by atoms with Crippen LogP contribution in [0.2, 0.25) is 0 Å². The van der Waals surface area contributed by atoms with E-state index in [0.29, 0.717) is 22.3 Å². The fraction of sp³-hybridized carbons (Fsp3) is 0.529. The summed E-state index contributed by atoms with van der Waals surface area (Å²) in [5.41, 5.74) is 2.47. The number of hydrogen-bond donors (Lipinski definition) is 0. The van der Waals surface area contributed by atoms with Crippen LogP contribution in [0.4, 0.5) is 0 Å². The van der Waals surface area contributed by atoms with Gasteiger partial charge in [0.1, 0.15) is 0 Å². The molecule has 0 fully saturated rings. The first-order valence-corrected chi connectivity index (χ1v) is 30.2. The van der Waals surface area contributed by atoms with Crippen molar-refractivity contribution >= 4 is 46.8 Å². The molecule has 0 saturated carbocycles. The Morgan fingerprint density at radius 3 is 0.506 bits per heavy atom. The summed E-state index contributed by atoms with van der Waals surface area (Å²) in [5, 5.41) is 0. The summed E-state index contributed by atoms with van der Waals surface area (Å²) in [6.45, 7) is 23.0. The van der Waals surface area contributed by atoms with E-state index in [1.54, 1.807) is 48.5 Å². The standard InChI is InChI=1S/4C17H25NO2.Zr/c4*1-3-5-12-18(13-6-4-2)17(20)14-16(19)15-10-8-7-9-11-15;/h4*7-11H,3-6,12-14H2,1-2H3;/q;;;;+4. The van der Waals surface area contributed by atoms with Gasteiger partial charge in [0.2, 0.25) is 23.6 Å². The topological polar surface area (TPSA) is 150 Å². The third-order valence-corrected chi connectivity index (χ3v) is 13.3. The first-order chi connectivity index (χ1) is 38.7. The molecule has 0 spiro atoms. The predicted octanol–water partition coefficient (Wildman–Crippen LogP) is 14.8. The van der Waals surface area contributed by atoms with E-state index >= 15 is 0 Å². The molecule has 4 aromatic rings. The van der Waals surface area contributed by atoms with Crippen molar-refractivity contribution in [3.05, 3.63) is 144 Å². The zero-order chi connectivity index (χ0) is 59.2. The van der Waals surface area contributed by atoms with Crippen LogP contribution in [0.15, 0.2) is 121 Å². The summed E-state index contributed by atoms with van der Waals surface area (Å²) in [6.07, 6.45) is 16.4. The van der Waals surface area contributed by atoms with Crippen LogP contribution in [0.1, 0.15) is 225 Å². The molecule has 0 heterocycles. The summed E-state index contributed by atoms with van der Waals surface area (Å²) in [4.78, 5) is 105. The van der Waals surface area contributed by atoms with Crippen molar-refractivity contribution < 1.29 is 64.6 Å². The second-order valence-corrected chi connectivity index (χ2v) is 20.2. The predicted molar refractivity (Wildman–Crippen MR) is 327 cm³/mol. The van der Waals surface area contributed by atoms with E-state index in [-0.39, 0.29) is 98.6 Å². The number of carbonyl (C=O) groups is 8. The molecule has 13 heteroatoms. The van der Waals surface area contributed by atoms with Gasteiger partial charge in [0.25, 0.3) is 0 Å². The number of carbonyl (C=O) groups excluding carboxylic acids is 8. The van der Waals surface area contributed by atoms with Gasteiger partial charge in [-0.3, -0.25) is 38.4 Å². The number of amides is 4. The molecule has 0 saturated heterocycles. The summed E-state index contributed by atoms with van der Waals surface area (Å²) >= 11 is 0. The van der Waals surface area contributed by atoms with Crippen LogP contribution in [0, 0.1) is 0 Å². The molecule has 81 heavy (non-hydrogen) atoms. The van der Waals surface area contributed by atoms with Gasteiger partial charge >= 0.3 is 26.2 Å². The number of unbranched alkanes of at least 4 members (excludes halogenated alkanes) is 8. The minimum atomic E-state index is -0.0893. The number of ketones is 4. The van der Waals surface area contributed by atoms with Gasteiger partial charge in [-0.25, -0.2) is 0 Å². The summed E-state index contributed by atoms with van der Waals surface area (Å²) in [6, 6.07) is 36.2. The number of hydrogen-bond acceptors (Lipinski definition) is 8. The molecule has 4 aromatic carbocycles. The fourth-order valence-electron chi connectivity index (χ4n) is 8.14. The summed E-state index contributed by atoms with van der Waals surface area (Å²) in [5.74, 6) is -0.521. The normalized spacial score (nSPS) is 10.2. The molecule has 4 rings (SSSR count). The van der Waals surface area contributed by atoms with Gasteiger partial charge < -0.3 is 19.6 Å². The Balaban J connectivity index is 0.00000105. The van der Waals surface area contributed by atoms with Crippen LogP contribution >= 0.6 is 0 Å². The number of rotatable bonds is 36. The van der Waals surface area contributed by atoms with E-state index < -0.39 is 0 Å². The summed E-state index contributed by atoms with van der Waals surface area (Å²) in [7, 11) is 0. The van der Waals surface area contributed by atoms with E-state index in [1.165, 1.54) is 0 Å². The van der Waals surface area contributed by atoms with Crippen molar-refractivity contribution in [2.24, 2.45) is 0 Å². The Bertz CT molecular complexity index is 1960. The molecule has 0 aliphatic carbocycles. The molecule has 0 aromatic heterocycles. The maximum absolute atomic E-state index is 12.2. The van der Waals surface area contributed by atoms with Crippen molar-refractivity contribution in [1.29, 1.82) is 0 Å². The van der Waals surface area contributed by atoms with E-state index in [4.69, 9.17) is 0 Å². The molecule has 0 N–H and O–H groups in total. The zero-order valence-corrected chi connectivity index (χ0v) is 53.4. The molecule has 0 radical (unpaired) electrons. The van der Waals surface area contributed by atoms with Crippen LogP contribution in [0.5, 0.6) is 0 Å². The molecule has 4 amide bonds. The molecule has 0 aliphatic heterocycles. The first kappa shape index (κ1) is 75.3. The SMILES string of the molecule is CCCCN(CCCC)C(=O)CC(=O)c1ccccc1.CCCCN(CCCC)C(=O)CC(=O)c1ccccc1.CCCCN(CCCC)C(=O)CC(=O)c1ccccc1.CCCCN(CCCC)C(=O)CC(=O)c1ccccc1.[Zr+4]. The number of Topliss-reactive ketones (excluding diaryl/α,β-unsaturated/α-hetero) is 4. The molecule has 0 bridgehead atoms. The molecular weight excluding hydrogens is 1090 g/mol. The minimum absolute atomic E-state index is 0. The number of nitrogens with zero attached hydrogens (tertiary/aromatic N) is 4. The van der Waals surface area contributed by atoms with Gasteiger partial charge in [0.05, 0.1) is 25.7 Å². The van der Waals surface area contributed by atoms with Crippen LogP contribution in [-0.4, -0.2) is 119 Å². The summed E-state index contributed by atoms with van der Waals surface area (Å²) < 4.78 is 0. The third kappa shape index (κ3) is 34.4. The van der Waals surface area contributed by atoms with Gasteiger partial charge in [-0.05, 0) is 51.4 Å². The molecule has 0 unspecified atom stereocenters. The monoisotopic (exact) mass is 1190 g/mol. The molecule has 0 aliphatic rings.